The van der Waals surface area contributed by atoms with Crippen LogP contribution in [0.3, 0.4) is 0 Å². The molecule has 4 nitrogen and oxygen atoms in total. The van der Waals surface area contributed by atoms with Gasteiger partial charge in [-0.3, -0.25) is 4.79 Å². The van der Waals surface area contributed by atoms with Crippen molar-refractivity contribution >= 4 is 11.8 Å². The van der Waals surface area contributed by atoms with Crippen LogP contribution in [0, 0.1) is 0 Å². The summed E-state index contributed by atoms with van der Waals surface area (Å²) in [6.45, 7) is 1.69. The molecular formula is C16H14O4. The van der Waals surface area contributed by atoms with E-state index in [0.29, 0.717) is 11.3 Å². The van der Waals surface area contributed by atoms with E-state index in [1.54, 1.807) is 42.5 Å². The third-order valence-corrected chi connectivity index (χ3v) is 2.83. The quantitative estimate of drug-likeness (QED) is 0.847. The van der Waals surface area contributed by atoms with Crippen molar-refractivity contribution in [1.82, 2.24) is 0 Å². The van der Waals surface area contributed by atoms with Crippen LogP contribution in [0.4, 0.5) is 0 Å². The molecule has 0 atom stereocenters. The Hall–Kier alpha value is -2.62. The van der Waals surface area contributed by atoms with Crippen molar-refractivity contribution < 1.29 is 19.4 Å². The minimum atomic E-state index is -0.976. The van der Waals surface area contributed by atoms with E-state index in [1.807, 2.05) is 0 Å². The number of carboxylic acids is 1. The zero-order valence-electron chi connectivity index (χ0n) is 11.0. The van der Waals surface area contributed by atoms with Crippen LogP contribution in [0.1, 0.15) is 33.2 Å². The SMILES string of the molecule is CC(=O)c1ccccc1OCc1cccc(C(=O)O)c1. The van der Waals surface area contributed by atoms with Crippen LogP contribution >= 0.6 is 0 Å². The minimum Gasteiger partial charge on any atom is -0.488 e. The standard InChI is InChI=1S/C16H14O4/c1-11(17)14-7-2-3-8-15(14)20-10-12-5-4-6-13(9-12)16(18)19/h2-9H,10H2,1H3,(H,18,19). The molecule has 0 amide bonds. The number of para-hydroxylation sites is 1. The second-order valence-electron chi connectivity index (χ2n) is 4.35. The van der Waals surface area contributed by atoms with Gasteiger partial charge in [0.2, 0.25) is 0 Å². The van der Waals surface area contributed by atoms with Crippen molar-refractivity contribution in [3.8, 4) is 5.75 Å². The Morgan fingerprint density at radius 2 is 1.85 bits per heavy atom. The zero-order valence-corrected chi connectivity index (χ0v) is 11.0. The molecule has 0 aliphatic heterocycles. The van der Waals surface area contributed by atoms with Crippen LogP contribution in [0.2, 0.25) is 0 Å². The van der Waals surface area contributed by atoms with Crippen LogP contribution in [0.25, 0.3) is 0 Å². The van der Waals surface area contributed by atoms with Gasteiger partial charge in [-0.15, -0.1) is 0 Å². The van der Waals surface area contributed by atoms with Crippen molar-refractivity contribution in [2.45, 2.75) is 13.5 Å². The number of aromatic carboxylic acids is 1. The Bertz CT molecular complexity index is 646. The van der Waals surface area contributed by atoms with Gasteiger partial charge in [0.1, 0.15) is 12.4 Å². The van der Waals surface area contributed by atoms with Crippen molar-refractivity contribution in [3.63, 3.8) is 0 Å². The number of carboxylic acid groups (broad SMARTS) is 1. The molecule has 0 bridgehead atoms. The topological polar surface area (TPSA) is 63.6 Å². The Balaban J connectivity index is 2.15. The number of carbonyl (C=O) groups excluding carboxylic acids is 1. The molecule has 20 heavy (non-hydrogen) atoms. The molecule has 0 spiro atoms. The number of rotatable bonds is 5. The summed E-state index contributed by atoms with van der Waals surface area (Å²) in [5, 5.41) is 8.93. The summed E-state index contributed by atoms with van der Waals surface area (Å²) < 4.78 is 5.61. The number of Topliss-reactive ketones (excluding diaryl/α,β-unsaturated/α-hetero) is 1. The Labute approximate surface area is 116 Å². The lowest BCUT2D eigenvalue weighted by atomic mass is 10.1. The average molecular weight is 270 g/mol. The monoisotopic (exact) mass is 270 g/mol. The van der Waals surface area contributed by atoms with Gasteiger partial charge in [-0.25, -0.2) is 4.79 Å². The smallest absolute Gasteiger partial charge is 0.335 e. The highest BCUT2D eigenvalue weighted by molar-refractivity contribution is 5.96. The maximum atomic E-state index is 11.5. The first-order chi connectivity index (χ1) is 9.58. The summed E-state index contributed by atoms with van der Waals surface area (Å²) in [5.74, 6) is -0.545. The molecule has 102 valence electrons. The molecule has 0 heterocycles. The molecule has 0 aliphatic carbocycles. The molecule has 2 rings (SSSR count). The van der Waals surface area contributed by atoms with Crippen molar-refractivity contribution in [3.05, 3.63) is 65.2 Å². The molecule has 0 saturated heterocycles. The second-order valence-corrected chi connectivity index (χ2v) is 4.35. The lowest BCUT2D eigenvalue weighted by Crippen LogP contribution is -2.03. The molecule has 0 fully saturated rings. The summed E-state index contributed by atoms with van der Waals surface area (Å²) in [4.78, 5) is 22.3. The lowest BCUT2D eigenvalue weighted by Gasteiger charge is -2.10. The van der Waals surface area contributed by atoms with Crippen molar-refractivity contribution in [1.29, 1.82) is 0 Å². The highest BCUT2D eigenvalue weighted by Gasteiger charge is 2.08. The van der Waals surface area contributed by atoms with Gasteiger partial charge in [0, 0.05) is 0 Å². The molecular weight excluding hydrogens is 256 g/mol. The maximum absolute atomic E-state index is 11.5. The number of ether oxygens (including phenoxy) is 1. The Morgan fingerprint density at radius 1 is 1.10 bits per heavy atom. The lowest BCUT2D eigenvalue weighted by molar-refractivity contribution is 0.0696. The zero-order chi connectivity index (χ0) is 14.5. The van der Waals surface area contributed by atoms with Gasteiger partial charge < -0.3 is 9.84 Å². The van der Waals surface area contributed by atoms with E-state index in [2.05, 4.69) is 0 Å². The second kappa shape index (κ2) is 6.02. The third-order valence-electron chi connectivity index (χ3n) is 2.83. The predicted molar refractivity (Wildman–Crippen MR) is 74.2 cm³/mol. The normalized spacial score (nSPS) is 10.1. The molecule has 2 aromatic rings. The summed E-state index contributed by atoms with van der Waals surface area (Å²) in [5.41, 5.74) is 1.47. The number of ketones is 1. The van der Waals surface area contributed by atoms with Crippen LogP contribution in [0.5, 0.6) is 5.75 Å². The number of hydrogen-bond donors (Lipinski definition) is 1. The van der Waals surface area contributed by atoms with E-state index >= 15 is 0 Å². The number of carbonyl (C=O) groups is 2. The predicted octanol–water partition coefficient (Wildman–Crippen LogP) is 3.17. The van der Waals surface area contributed by atoms with Gasteiger partial charge in [0.15, 0.2) is 5.78 Å². The average Bonchev–Trinajstić information content (AvgIpc) is 2.45. The fourth-order valence-electron chi connectivity index (χ4n) is 1.84. The van der Waals surface area contributed by atoms with E-state index in [-0.39, 0.29) is 18.0 Å². The van der Waals surface area contributed by atoms with E-state index in [1.165, 1.54) is 13.0 Å². The van der Waals surface area contributed by atoms with Crippen LogP contribution in [-0.2, 0) is 6.61 Å². The first kappa shape index (κ1) is 13.8. The largest absolute Gasteiger partial charge is 0.488 e. The van der Waals surface area contributed by atoms with Crippen LogP contribution < -0.4 is 4.74 Å². The highest BCUT2D eigenvalue weighted by atomic mass is 16.5. The van der Waals surface area contributed by atoms with Gasteiger partial charge in [-0.05, 0) is 36.8 Å². The number of hydrogen-bond acceptors (Lipinski definition) is 3. The first-order valence-electron chi connectivity index (χ1n) is 6.13. The van der Waals surface area contributed by atoms with Gasteiger partial charge in [0.25, 0.3) is 0 Å². The molecule has 4 heteroatoms. The fraction of sp³-hybridized carbons (Fsp3) is 0.125. The van der Waals surface area contributed by atoms with Gasteiger partial charge in [-0.2, -0.15) is 0 Å². The summed E-state index contributed by atoms with van der Waals surface area (Å²) >= 11 is 0. The molecule has 1 N–H and O–H groups in total. The van der Waals surface area contributed by atoms with E-state index < -0.39 is 5.97 Å². The van der Waals surface area contributed by atoms with Crippen LogP contribution in [0.15, 0.2) is 48.5 Å². The van der Waals surface area contributed by atoms with E-state index in [0.717, 1.165) is 5.56 Å². The first-order valence-corrected chi connectivity index (χ1v) is 6.13. The number of benzene rings is 2. The van der Waals surface area contributed by atoms with Crippen LogP contribution in [-0.4, -0.2) is 16.9 Å². The van der Waals surface area contributed by atoms with E-state index in [4.69, 9.17) is 9.84 Å². The summed E-state index contributed by atoms with van der Waals surface area (Å²) in [7, 11) is 0. The van der Waals surface area contributed by atoms with Crippen molar-refractivity contribution in [2.24, 2.45) is 0 Å². The summed E-state index contributed by atoms with van der Waals surface area (Å²) in [6, 6.07) is 13.5. The Kier molecular flexibility index (Phi) is 4.15. The maximum Gasteiger partial charge on any atom is 0.335 e. The molecule has 0 aliphatic rings. The van der Waals surface area contributed by atoms with Crippen molar-refractivity contribution in [2.75, 3.05) is 0 Å². The molecule has 0 radical (unpaired) electrons. The van der Waals surface area contributed by atoms with Gasteiger partial charge >= 0.3 is 5.97 Å². The van der Waals surface area contributed by atoms with E-state index in [9.17, 15) is 9.59 Å². The third kappa shape index (κ3) is 3.23. The fourth-order valence-corrected chi connectivity index (χ4v) is 1.84. The molecule has 0 saturated carbocycles. The molecule has 0 unspecified atom stereocenters. The molecule has 0 aromatic heterocycles. The van der Waals surface area contributed by atoms with Gasteiger partial charge in [-0.1, -0.05) is 24.3 Å². The molecule has 2 aromatic carbocycles. The summed E-state index contributed by atoms with van der Waals surface area (Å²) in [6.07, 6.45) is 0. The minimum absolute atomic E-state index is 0.0695. The highest BCUT2D eigenvalue weighted by Crippen LogP contribution is 2.20. The van der Waals surface area contributed by atoms with Gasteiger partial charge in [0.05, 0.1) is 11.1 Å². The Morgan fingerprint density at radius 3 is 2.55 bits per heavy atom.